The van der Waals surface area contributed by atoms with Gasteiger partial charge in [-0.3, -0.25) is 4.79 Å². The number of carbonyl (C=O) groups is 1. The van der Waals surface area contributed by atoms with Gasteiger partial charge in [-0.15, -0.1) is 0 Å². The first kappa shape index (κ1) is 17.7. The molecule has 1 amide bonds. The van der Waals surface area contributed by atoms with Crippen LogP contribution in [0.3, 0.4) is 0 Å². The smallest absolute Gasteiger partial charge is 0.234 e. The normalized spacial score (nSPS) is 26.4. The molecule has 1 aromatic heterocycles. The summed E-state index contributed by atoms with van der Waals surface area (Å²) in [7, 11) is 0. The maximum Gasteiger partial charge on any atom is 0.234 e. The van der Waals surface area contributed by atoms with Crippen molar-refractivity contribution in [2.45, 2.75) is 64.8 Å². The van der Waals surface area contributed by atoms with Crippen molar-refractivity contribution in [3.8, 4) is 0 Å². The van der Waals surface area contributed by atoms with Gasteiger partial charge in [0.05, 0.1) is 17.8 Å². The molecule has 3 heterocycles. The van der Waals surface area contributed by atoms with Crippen LogP contribution in [0.25, 0.3) is 0 Å². The van der Waals surface area contributed by atoms with Crippen molar-refractivity contribution in [3.05, 3.63) is 17.5 Å². The molecule has 0 radical (unpaired) electrons. The van der Waals surface area contributed by atoms with Crippen LogP contribution >= 0.6 is 0 Å². The van der Waals surface area contributed by atoms with Crippen molar-refractivity contribution in [2.24, 2.45) is 11.1 Å². The predicted molar refractivity (Wildman–Crippen MR) is 90.7 cm³/mol. The molecule has 0 aliphatic carbocycles. The molecule has 8 nitrogen and oxygen atoms in total. The van der Waals surface area contributed by atoms with Crippen LogP contribution in [0.1, 0.15) is 51.5 Å². The van der Waals surface area contributed by atoms with Crippen molar-refractivity contribution in [2.75, 3.05) is 6.54 Å². The van der Waals surface area contributed by atoms with Gasteiger partial charge in [0.1, 0.15) is 11.7 Å². The van der Waals surface area contributed by atoms with Crippen LogP contribution in [0.2, 0.25) is 0 Å². The summed E-state index contributed by atoms with van der Waals surface area (Å²) in [6.45, 7) is 9.75. The lowest BCUT2D eigenvalue weighted by Crippen LogP contribution is -2.50. The van der Waals surface area contributed by atoms with Gasteiger partial charge in [-0.1, -0.05) is 24.2 Å². The number of rotatable bonds is 4. The molecule has 8 heteroatoms. The third-order valence-corrected chi connectivity index (χ3v) is 4.56. The van der Waals surface area contributed by atoms with Gasteiger partial charge in [-0.2, -0.15) is 0 Å². The predicted octanol–water partition coefficient (Wildman–Crippen LogP) is 1.35. The summed E-state index contributed by atoms with van der Waals surface area (Å²) in [5, 5.41) is 21.3. The highest BCUT2D eigenvalue weighted by molar-refractivity contribution is 5.94. The summed E-state index contributed by atoms with van der Waals surface area (Å²) in [6.07, 6.45) is -0.163. The van der Waals surface area contributed by atoms with Gasteiger partial charge in [0.25, 0.3) is 0 Å². The lowest BCUT2D eigenvalue weighted by molar-refractivity contribution is -0.134. The summed E-state index contributed by atoms with van der Waals surface area (Å²) in [6, 6.07) is 1.45. The number of nitrogens with zero attached hydrogens (tertiary/aromatic N) is 3. The van der Waals surface area contributed by atoms with Crippen molar-refractivity contribution >= 4 is 11.7 Å². The van der Waals surface area contributed by atoms with Gasteiger partial charge < -0.3 is 24.7 Å². The Kier molecular flexibility index (Phi) is 4.49. The number of amidine groups is 1. The fourth-order valence-corrected chi connectivity index (χ4v) is 3.42. The molecule has 1 saturated heterocycles. The van der Waals surface area contributed by atoms with E-state index in [2.05, 4.69) is 15.6 Å². The quantitative estimate of drug-likeness (QED) is 0.850. The second-order valence-corrected chi connectivity index (χ2v) is 7.69. The number of likely N-dealkylation sites (tertiary alicyclic amines) is 1. The number of oxime groups is 1. The van der Waals surface area contributed by atoms with Crippen molar-refractivity contribution in [1.82, 2.24) is 15.4 Å². The highest BCUT2D eigenvalue weighted by atomic mass is 16.7. The Balaban J connectivity index is 1.85. The minimum atomic E-state index is -0.614. The lowest BCUT2D eigenvalue weighted by atomic mass is 9.91. The molecule has 0 bridgehead atoms. The van der Waals surface area contributed by atoms with E-state index < -0.39 is 17.7 Å². The van der Waals surface area contributed by atoms with E-state index in [1.165, 1.54) is 0 Å². The van der Waals surface area contributed by atoms with Crippen LogP contribution in [0, 0.1) is 12.8 Å². The Morgan fingerprint density at radius 1 is 1.48 bits per heavy atom. The van der Waals surface area contributed by atoms with Crippen molar-refractivity contribution in [1.29, 1.82) is 0 Å². The van der Waals surface area contributed by atoms with Gasteiger partial charge in [0.15, 0.2) is 5.84 Å². The average molecular weight is 350 g/mol. The third-order valence-electron chi connectivity index (χ3n) is 4.56. The molecule has 0 saturated carbocycles. The fraction of sp³-hybridized carbons (Fsp3) is 0.706. The summed E-state index contributed by atoms with van der Waals surface area (Å²) in [5.74, 6) is 0.609. The highest BCUT2D eigenvalue weighted by Gasteiger charge is 2.45. The van der Waals surface area contributed by atoms with Gasteiger partial charge in [0, 0.05) is 19.0 Å². The minimum absolute atomic E-state index is 0.0319. The van der Waals surface area contributed by atoms with Gasteiger partial charge in [-0.05, 0) is 26.7 Å². The SMILES string of the molecule is Cc1cc([C@@H](C(=O)N2C[C@H](O)C[C@H]2C2=NOC(C)(C)N2)C(C)C)on1. The van der Waals surface area contributed by atoms with Crippen LogP contribution in [-0.4, -0.2) is 51.3 Å². The molecule has 0 unspecified atom stereocenters. The Morgan fingerprint density at radius 2 is 2.20 bits per heavy atom. The standard InChI is InChI=1S/C17H26N4O4/c1-9(2)14(13-6-10(3)19-24-13)16(23)21-8-11(22)7-12(21)15-18-17(4,5)25-20-15/h6,9,11-12,14,22H,7-8H2,1-5H3,(H,18,20)/t11-,12+,14+/m1/s1. The molecule has 25 heavy (non-hydrogen) atoms. The Bertz CT molecular complexity index is 682. The molecule has 2 N–H and O–H groups in total. The van der Waals surface area contributed by atoms with E-state index in [-0.39, 0.29) is 24.4 Å². The van der Waals surface area contributed by atoms with Crippen LogP contribution in [-0.2, 0) is 9.63 Å². The molecule has 2 aliphatic heterocycles. The summed E-state index contributed by atoms with van der Waals surface area (Å²) >= 11 is 0. The van der Waals surface area contributed by atoms with E-state index in [9.17, 15) is 9.90 Å². The van der Waals surface area contributed by atoms with Gasteiger partial charge in [0.2, 0.25) is 11.6 Å². The molecule has 138 valence electrons. The zero-order chi connectivity index (χ0) is 18.4. The number of β-amino-alcohol motifs (C(OH)–C–C–N with tert-alkyl or cyclic N) is 1. The number of carbonyl (C=O) groups excluding carboxylic acids is 1. The summed E-state index contributed by atoms with van der Waals surface area (Å²) in [4.78, 5) is 20.3. The molecule has 0 aromatic carbocycles. The summed E-state index contributed by atoms with van der Waals surface area (Å²) < 4.78 is 5.36. The molecular weight excluding hydrogens is 324 g/mol. The van der Waals surface area contributed by atoms with Crippen LogP contribution in [0.5, 0.6) is 0 Å². The highest BCUT2D eigenvalue weighted by Crippen LogP contribution is 2.32. The third kappa shape index (κ3) is 3.49. The number of hydrogen-bond donors (Lipinski definition) is 2. The molecule has 1 aromatic rings. The number of aromatic nitrogens is 1. The second-order valence-electron chi connectivity index (χ2n) is 7.69. The number of aryl methyl sites for hydroxylation is 1. The Morgan fingerprint density at radius 3 is 2.72 bits per heavy atom. The molecule has 2 aliphatic rings. The van der Waals surface area contributed by atoms with Crippen LogP contribution in [0.15, 0.2) is 15.7 Å². The monoisotopic (exact) mass is 350 g/mol. The summed E-state index contributed by atoms with van der Waals surface area (Å²) in [5.41, 5.74) is 0.125. The molecule has 0 spiro atoms. The maximum absolute atomic E-state index is 13.3. The van der Waals surface area contributed by atoms with Crippen molar-refractivity contribution < 1.29 is 19.3 Å². The van der Waals surface area contributed by atoms with Crippen LogP contribution in [0.4, 0.5) is 0 Å². The Hall–Kier alpha value is -2.09. The largest absolute Gasteiger partial charge is 0.391 e. The van der Waals surface area contributed by atoms with E-state index in [0.717, 1.165) is 5.69 Å². The van der Waals surface area contributed by atoms with E-state index in [0.29, 0.717) is 18.0 Å². The fourth-order valence-electron chi connectivity index (χ4n) is 3.42. The first-order valence-electron chi connectivity index (χ1n) is 8.64. The molecular formula is C17H26N4O4. The number of aliphatic hydroxyl groups is 1. The Labute approximate surface area is 147 Å². The number of aliphatic hydroxyl groups excluding tert-OH is 1. The van der Waals surface area contributed by atoms with E-state index in [4.69, 9.17) is 9.36 Å². The minimum Gasteiger partial charge on any atom is -0.391 e. The number of hydrogen-bond acceptors (Lipinski definition) is 7. The second kappa shape index (κ2) is 6.33. The lowest BCUT2D eigenvalue weighted by Gasteiger charge is -2.29. The van der Waals surface area contributed by atoms with Crippen LogP contribution < -0.4 is 5.32 Å². The van der Waals surface area contributed by atoms with Gasteiger partial charge >= 0.3 is 0 Å². The topological polar surface area (TPSA) is 100 Å². The van der Waals surface area contributed by atoms with E-state index in [1.54, 1.807) is 11.0 Å². The van der Waals surface area contributed by atoms with Gasteiger partial charge in [-0.25, -0.2) is 0 Å². The first-order valence-corrected chi connectivity index (χ1v) is 8.64. The maximum atomic E-state index is 13.3. The average Bonchev–Trinajstić information content (AvgIpc) is 3.18. The van der Waals surface area contributed by atoms with Crippen molar-refractivity contribution in [3.63, 3.8) is 0 Å². The first-order chi connectivity index (χ1) is 11.7. The molecule has 3 atom stereocenters. The zero-order valence-corrected chi connectivity index (χ0v) is 15.3. The number of amides is 1. The van der Waals surface area contributed by atoms with E-state index >= 15 is 0 Å². The number of nitrogens with one attached hydrogen (secondary N) is 1. The molecule has 3 rings (SSSR count). The molecule has 1 fully saturated rings. The van der Waals surface area contributed by atoms with E-state index in [1.807, 2.05) is 34.6 Å². The zero-order valence-electron chi connectivity index (χ0n) is 15.3.